The Morgan fingerprint density at radius 1 is 1.12 bits per heavy atom. The molecule has 0 bridgehead atoms. The summed E-state index contributed by atoms with van der Waals surface area (Å²) >= 11 is 0. The lowest BCUT2D eigenvalue weighted by atomic mass is 9.82. The van der Waals surface area contributed by atoms with E-state index in [1.54, 1.807) is 30.3 Å². The molecule has 0 atom stereocenters. The maximum Gasteiger partial charge on any atom is 0.335 e. The number of fused-ring (bicyclic) bond motifs is 1. The third-order valence-corrected chi connectivity index (χ3v) is 5.93. The number of benzene rings is 2. The van der Waals surface area contributed by atoms with Crippen molar-refractivity contribution in [2.24, 2.45) is 0 Å². The van der Waals surface area contributed by atoms with Gasteiger partial charge in [-0.05, 0) is 38.1 Å². The van der Waals surface area contributed by atoms with Gasteiger partial charge in [-0.15, -0.1) is 0 Å². The van der Waals surface area contributed by atoms with Gasteiger partial charge in [-0.3, -0.25) is 4.55 Å². The quantitative estimate of drug-likeness (QED) is 0.633. The molecule has 0 spiro atoms. The molecule has 6 nitrogen and oxygen atoms in total. The molecule has 0 fully saturated rings. The van der Waals surface area contributed by atoms with E-state index in [4.69, 9.17) is 5.11 Å². The van der Waals surface area contributed by atoms with Crippen molar-refractivity contribution in [2.45, 2.75) is 37.6 Å². The van der Waals surface area contributed by atoms with Crippen molar-refractivity contribution in [3.63, 3.8) is 0 Å². The molecule has 1 aliphatic rings. The van der Waals surface area contributed by atoms with Crippen LogP contribution in [0.15, 0.2) is 47.4 Å². The maximum absolute atomic E-state index is 11.5. The van der Waals surface area contributed by atoms with Gasteiger partial charge in [-0.1, -0.05) is 12.1 Å². The average Bonchev–Trinajstić information content (AvgIpc) is 2.75. The van der Waals surface area contributed by atoms with Gasteiger partial charge in [0.2, 0.25) is 5.69 Å². The summed E-state index contributed by atoms with van der Waals surface area (Å²) < 4.78 is 34.4. The topological polar surface area (TPSA) is 94.7 Å². The Labute approximate surface area is 152 Å². The second-order valence-corrected chi connectivity index (χ2v) is 8.37. The number of hydrogen-bond acceptors (Lipinski definition) is 3. The standard InChI is InChI=1S/C19H19NO5S/c1-12-19(2,3)16-10-15(26(23,24)25)8-9-17(16)20(12)11-13-4-6-14(7-5-13)18(21)22/h4-10H,11H2,1-3H3,(H-,21,22,23,24,25)/p+1. The molecule has 1 heterocycles. The molecule has 2 aromatic rings. The summed E-state index contributed by atoms with van der Waals surface area (Å²) in [6.45, 7) is 6.52. The van der Waals surface area contributed by atoms with Crippen LogP contribution in [0, 0.1) is 0 Å². The summed E-state index contributed by atoms with van der Waals surface area (Å²) in [5, 5.41) is 9.01. The minimum Gasteiger partial charge on any atom is -0.478 e. The van der Waals surface area contributed by atoms with Gasteiger partial charge in [-0.25, -0.2) is 4.79 Å². The van der Waals surface area contributed by atoms with Crippen molar-refractivity contribution in [2.75, 3.05) is 0 Å². The molecule has 2 aromatic carbocycles. The molecule has 0 saturated heterocycles. The van der Waals surface area contributed by atoms with Crippen molar-refractivity contribution in [3.8, 4) is 0 Å². The Balaban J connectivity index is 2.04. The van der Waals surface area contributed by atoms with Crippen LogP contribution in [0.4, 0.5) is 5.69 Å². The third kappa shape index (κ3) is 3.04. The summed E-state index contributed by atoms with van der Waals surface area (Å²) in [5.41, 5.74) is 3.53. The first kappa shape index (κ1) is 18.3. The van der Waals surface area contributed by atoms with Crippen LogP contribution in [0.3, 0.4) is 0 Å². The van der Waals surface area contributed by atoms with Crippen LogP contribution >= 0.6 is 0 Å². The average molecular weight is 374 g/mol. The van der Waals surface area contributed by atoms with Crippen molar-refractivity contribution in [3.05, 3.63) is 59.2 Å². The number of hydrogen-bond donors (Lipinski definition) is 2. The summed E-state index contributed by atoms with van der Waals surface area (Å²) in [4.78, 5) is 10.9. The molecule has 0 saturated carbocycles. The lowest BCUT2D eigenvalue weighted by Gasteiger charge is -2.15. The smallest absolute Gasteiger partial charge is 0.335 e. The zero-order valence-corrected chi connectivity index (χ0v) is 15.5. The minimum atomic E-state index is -4.26. The number of rotatable bonds is 4. The van der Waals surface area contributed by atoms with E-state index in [1.807, 2.05) is 20.8 Å². The Kier molecular flexibility index (Phi) is 4.24. The molecule has 0 radical (unpaired) electrons. The molecule has 0 aliphatic carbocycles. The van der Waals surface area contributed by atoms with Gasteiger partial charge in [-0.2, -0.15) is 13.0 Å². The van der Waals surface area contributed by atoms with Gasteiger partial charge < -0.3 is 5.11 Å². The summed E-state index contributed by atoms with van der Waals surface area (Å²) in [6.07, 6.45) is 0. The predicted octanol–water partition coefficient (Wildman–Crippen LogP) is 3.23. The highest BCUT2D eigenvalue weighted by molar-refractivity contribution is 7.85. The lowest BCUT2D eigenvalue weighted by molar-refractivity contribution is -0.456. The number of nitrogens with zero attached hydrogens (tertiary/aromatic N) is 1. The summed E-state index contributed by atoms with van der Waals surface area (Å²) in [7, 11) is -4.26. The number of aromatic carboxylic acids is 1. The Bertz CT molecular complexity index is 1030. The van der Waals surface area contributed by atoms with Crippen LogP contribution in [0.25, 0.3) is 0 Å². The lowest BCUT2D eigenvalue weighted by Crippen LogP contribution is -2.26. The number of carboxylic acids is 1. The van der Waals surface area contributed by atoms with Gasteiger partial charge in [0.05, 0.1) is 15.9 Å². The van der Waals surface area contributed by atoms with Gasteiger partial charge >= 0.3 is 5.97 Å². The van der Waals surface area contributed by atoms with E-state index in [1.165, 1.54) is 12.1 Å². The summed E-state index contributed by atoms with van der Waals surface area (Å²) in [5.74, 6) is -0.968. The fourth-order valence-electron chi connectivity index (χ4n) is 3.26. The molecular weight excluding hydrogens is 354 g/mol. The first-order chi connectivity index (χ1) is 12.0. The zero-order valence-electron chi connectivity index (χ0n) is 14.7. The molecular formula is C19H20NO5S+. The molecule has 7 heteroatoms. The summed E-state index contributed by atoms with van der Waals surface area (Å²) in [6, 6.07) is 11.3. The van der Waals surface area contributed by atoms with Crippen molar-refractivity contribution >= 4 is 27.5 Å². The van der Waals surface area contributed by atoms with Gasteiger partial charge in [0.25, 0.3) is 10.1 Å². The molecule has 1 aliphatic heterocycles. The fourth-order valence-corrected chi connectivity index (χ4v) is 3.77. The van der Waals surface area contributed by atoms with Crippen LogP contribution in [-0.4, -0.2) is 34.3 Å². The molecule has 0 amide bonds. The monoisotopic (exact) mass is 374 g/mol. The van der Waals surface area contributed by atoms with Crippen molar-refractivity contribution < 1.29 is 27.4 Å². The second kappa shape index (κ2) is 6.03. The van der Waals surface area contributed by atoms with E-state index in [2.05, 4.69) is 4.58 Å². The molecule has 0 aromatic heterocycles. The van der Waals surface area contributed by atoms with E-state index < -0.39 is 21.5 Å². The van der Waals surface area contributed by atoms with Gasteiger partial charge in [0, 0.05) is 24.1 Å². The highest BCUT2D eigenvalue weighted by atomic mass is 32.2. The molecule has 2 N–H and O–H groups in total. The fraction of sp³-hybridized carbons (Fsp3) is 0.263. The van der Waals surface area contributed by atoms with Gasteiger partial charge in [0.15, 0.2) is 12.3 Å². The minimum absolute atomic E-state index is 0.121. The van der Waals surface area contributed by atoms with Crippen molar-refractivity contribution in [1.82, 2.24) is 0 Å². The van der Waals surface area contributed by atoms with E-state index in [9.17, 15) is 17.8 Å². The zero-order chi connectivity index (χ0) is 19.3. The first-order valence-corrected chi connectivity index (χ1v) is 9.51. The molecule has 26 heavy (non-hydrogen) atoms. The van der Waals surface area contributed by atoms with E-state index in [0.717, 1.165) is 22.5 Å². The van der Waals surface area contributed by atoms with Gasteiger partial charge in [0.1, 0.15) is 0 Å². The van der Waals surface area contributed by atoms with Crippen molar-refractivity contribution in [1.29, 1.82) is 0 Å². The highest BCUT2D eigenvalue weighted by Gasteiger charge is 2.43. The van der Waals surface area contributed by atoms with Crippen LogP contribution in [0.5, 0.6) is 0 Å². The Hall–Kier alpha value is -2.51. The van der Waals surface area contributed by atoms with Crippen LogP contribution in [-0.2, 0) is 22.1 Å². The van der Waals surface area contributed by atoms with E-state index in [-0.39, 0.29) is 10.5 Å². The third-order valence-electron chi connectivity index (χ3n) is 5.08. The molecule has 136 valence electrons. The maximum atomic E-state index is 11.5. The first-order valence-electron chi connectivity index (χ1n) is 8.07. The SMILES string of the molecule is CC1=[N+](Cc2ccc(C(=O)O)cc2)c2ccc(S(=O)(=O)O)cc2C1(C)C. The van der Waals surface area contributed by atoms with Crippen LogP contribution in [0.1, 0.15) is 42.3 Å². The van der Waals surface area contributed by atoms with Crippen LogP contribution < -0.4 is 0 Å². The Morgan fingerprint density at radius 3 is 2.27 bits per heavy atom. The van der Waals surface area contributed by atoms with Crippen LogP contribution in [0.2, 0.25) is 0 Å². The number of carbonyl (C=O) groups is 1. The van der Waals surface area contributed by atoms with E-state index >= 15 is 0 Å². The normalized spacial score (nSPS) is 15.8. The molecule has 3 rings (SSSR count). The highest BCUT2D eigenvalue weighted by Crippen LogP contribution is 2.41. The van der Waals surface area contributed by atoms with E-state index in [0.29, 0.717) is 6.54 Å². The molecule has 0 unspecified atom stereocenters. The number of carboxylic acid groups (broad SMARTS) is 1. The second-order valence-electron chi connectivity index (χ2n) is 6.95. The largest absolute Gasteiger partial charge is 0.478 e. The predicted molar refractivity (Wildman–Crippen MR) is 97.0 cm³/mol. The Morgan fingerprint density at radius 2 is 1.73 bits per heavy atom.